The van der Waals surface area contributed by atoms with E-state index in [0.29, 0.717) is 52.8 Å². The molecule has 1 heterocycles. The summed E-state index contributed by atoms with van der Waals surface area (Å²) in [6.07, 6.45) is 2.47. The van der Waals surface area contributed by atoms with E-state index in [4.69, 9.17) is 23.7 Å². The van der Waals surface area contributed by atoms with Gasteiger partial charge in [0.25, 0.3) is 5.69 Å². The number of benzene rings is 3. The molecule has 2 atom stereocenters. The van der Waals surface area contributed by atoms with Gasteiger partial charge in [-0.3, -0.25) is 15.5 Å². The van der Waals surface area contributed by atoms with Crippen molar-refractivity contribution in [3.8, 4) is 23.0 Å². The highest BCUT2D eigenvalue weighted by molar-refractivity contribution is 5.95. The highest BCUT2D eigenvalue weighted by Crippen LogP contribution is 2.36. The second kappa shape index (κ2) is 17.3. The zero-order valence-electron chi connectivity index (χ0n) is 28.1. The number of nitro groups is 1. The fraction of sp³-hybridized carbons (Fsp3) is 0.286. The van der Waals surface area contributed by atoms with Crippen LogP contribution in [0, 0.1) is 10.1 Å². The lowest BCUT2D eigenvalue weighted by molar-refractivity contribution is -0.384. The molecule has 1 aliphatic heterocycles. The molecule has 50 heavy (non-hydrogen) atoms. The molecular weight excluding hydrogens is 650 g/mol. The van der Waals surface area contributed by atoms with Gasteiger partial charge in [-0.05, 0) is 73.4 Å². The Bertz CT molecular complexity index is 1770. The molecule has 0 saturated carbocycles. The Kier molecular flexibility index (Phi) is 12.7. The Morgan fingerprint density at radius 1 is 1.10 bits per heavy atom. The number of hydrogen-bond acceptors (Lipinski definition) is 12. The molecule has 4 rings (SSSR count). The van der Waals surface area contributed by atoms with Gasteiger partial charge < -0.3 is 39.4 Å². The molecule has 0 bridgehead atoms. The van der Waals surface area contributed by atoms with Crippen LogP contribution in [0.5, 0.6) is 23.0 Å². The van der Waals surface area contributed by atoms with Crippen molar-refractivity contribution in [3.05, 3.63) is 111 Å². The Morgan fingerprint density at radius 3 is 2.52 bits per heavy atom. The Morgan fingerprint density at radius 2 is 1.86 bits per heavy atom. The predicted octanol–water partition coefficient (Wildman–Crippen LogP) is 4.43. The van der Waals surface area contributed by atoms with Crippen LogP contribution in [0.4, 0.5) is 10.5 Å². The van der Waals surface area contributed by atoms with E-state index < -0.39 is 29.2 Å². The third-order valence-corrected chi connectivity index (χ3v) is 7.38. The average molecular weight is 690 g/mol. The van der Waals surface area contributed by atoms with Crippen molar-refractivity contribution in [2.45, 2.75) is 39.1 Å². The third-order valence-electron chi connectivity index (χ3n) is 7.38. The van der Waals surface area contributed by atoms with E-state index in [-0.39, 0.29) is 24.5 Å². The zero-order chi connectivity index (χ0) is 36.2. The number of carbonyl (C=O) groups is 2. The number of rotatable bonds is 17. The van der Waals surface area contributed by atoms with Gasteiger partial charge in [0, 0.05) is 23.4 Å². The zero-order valence-corrected chi connectivity index (χ0v) is 28.1. The van der Waals surface area contributed by atoms with E-state index in [9.17, 15) is 24.8 Å². The first kappa shape index (κ1) is 36.7. The summed E-state index contributed by atoms with van der Waals surface area (Å²) in [5.74, 6) is 1.01. The highest BCUT2D eigenvalue weighted by Gasteiger charge is 2.32. The van der Waals surface area contributed by atoms with Crippen molar-refractivity contribution >= 4 is 23.9 Å². The number of hydrazone groups is 1. The van der Waals surface area contributed by atoms with Crippen LogP contribution in [0.1, 0.15) is 42.1 Å². The normalized spacial score (nSPS) is 14.7. The predicted molar refractivity (Wildman–Crippen MR) is 183 cm³/mol. The van der Waals surface area contributed by atoms with Gasteiger partial charge in [-0.2, -0.15) is 5.10 Å². The molecule has 264 valence electrons. The van der Waals surface area contributed by atoms with Crippen molar-refractivity contribution in [3.63, 3.8) is 0 Å². The van der Waals surface area contributed by atoms with Crippen LogP contribution in [0.15, 0.2) is 83.6 Å². The molecule has 0 fully saturated rings. The van der Waals surface area contributed by atoms with E-state index in [1.54, 1.807) is 56.3 Å². The molecule has 0 aromatic heterocycles. The summed E-state index contributed by atoms with van der Waals surface area (Å²) in [5, 5.41) is 31.0. The minimum absolute atomic E-state index is 0.00779. The average Bonchev–Trinajstić information content (AvgIpc) is 3.10. The first-order valence-corrected chi connectivity index (χ1v) is 15.5. The number of aliphatic hydroxyl groups excluding tert-OH is 1. The maximum absolute atomic E-state index is 12.5. The van der Waals surface area contributed by atoms with E-state index in [0.717, 1.165) is 11.1 Å². The standard InChI is InChI=1S/C35H39N5O10/c1-6-8-25-15-23(16-29(46-4)33(25)50-19-22-9-12-26(13-10-22)40(44)45)18-36-39-30(41)20-49-27-14-11-24(17-28(27)48-7-2)32-31(34(42)47-5)21(3)37-35(43)38-32/h6,9-18,30,32,39,41H,1,7-8,19-20H2,2-5H3,(H2,37,38,43)/b36-18-/t30-,32-/m1/s1. The van der Waals surface area contributed by atoms with Gasteiger partial charge in [0.1, 0.15) is 13.2 Å². The number of aliphatic hydroxyl groups is 1. The number of ether oxygens (including phenoxy) is 5. The molecule has 3 aromatic carbocycles. The molecule has 0 unspecified atom stereocenters. The first-order chi connectivity index (χ1) is 24.1. The largest absolute Gasteiger partial charge is 0.493 e. The SMILES string of the molecule is C=CCc1cc(/C=N\N[C@H](O)COc2ccc([C@H]3NC(=O)NC(C)=C3C(=O)OC)cc2OCC)cc(OC)c1OCc1ccc([N+](=O)[O-])cc1. The van der Waals surface area contributed by atoms with Gasteiger partial charge in [0.05, 0.1) is 43.6 Å². The van der Waals surface area contributed by atoms with Crippen LogP contribution < -0.4 is 35.0 Å². The second-order valence-corrected chi connectivity index (χ2v) is 10.8. The summed E-state index contributed by atoms with van der Waals surface area (Å²) >= 11 is 0. The van der Waals surface area contributed by atoms with Crippen LogP contribution in [0.2, 0.25) is 0 Å². The van der Waals surface area contributed by atoms with Crippen LogP contribution >= 0.6 is 0 Å². The third kappa shape index (κ3) is 9.29. The molecule has 0 radical (unpaired) electrons. The van der Waals surface area contributed by atoms with Crippen LogP contribution in [-0.4, -0.2) is 61.9 Å². The van der Waals surface area contributed by atoms with Crippen molar-refractivity contribution in [2.75, 3.05) is 27.4 Å². The quantitative estimate of drug-likeness (QED) is 0.0391. The molecule has 2 amide bonds. The smallest absolute Gasteiger partial charge is 0.337 e. The number of non-ortho nitro benzene ring substituents is 1. The molecule has 4 N–H and O–H groups in total. The summed E-state index contributed by atoms with van der Waals surface area (Å²) in [5.41, 5.74) is 5.96. The lowest BCUT2D eigenvalue weighted by atomic mass is 9.95. The number of nitrogens with one attached hydrogen (secondary N) is 3. The van der Waals surface area contributed by atoms with E-state index in [2.05, 4.69) is 27.7 Å². The molecule has 15 heteroatoms. The number of hydrogen-bond donors (Lipinski definition) is 4. The monoisotopic (exact) mass is 689 g/mol. The number of carbonyl (C=O) groups excluding carboxylic acids is 2. The lowest BCUT2D eigenvalue weighted by Crippen LogP contribution is -2.45. The minimum atomic E-state index is -1.21. The number of urea groups is 1. The van der Waals surface area contributed by atoms with Crippen molar-refractivity contribution in [1.29, 1.82) is 0 Å². The topological polar surface area (TPSA) is 192 Å². The first-order valence-electron chi connectivity index (χ1n) is 15.5. The molecule has 3 aromatic rings. The second-order valence-electron chi connectivity index (χ2n) is 10.8. The van der Waals surface area contributed by atoms with E-state index in [1.807, 2.05) is 6.07 Å². The number of nitro benzene ring substituents is 1. The Labute approximate surface area is 288 Å². The van der Waals surface area contributed by atoms with Gasteiger partial charge in [-0.15, -0.1) is 6.58 Å². The van der Waals surface area contributed by atoms with Gasteiger partial charge in [-0.1, -0.05) is 12.1 Å². The number of allylic oxidation sites excluding steroid dienone is 2. The fourth-order valence-corrected chi connectivity index (χ4v) is 5.07. The van der Waals surface area contributed by atoms with Crippen LogP contribution in [0.25, 0.3) is 0 Å². The van der Waals surface area contributed by atoms with Gasteiger partial charge in [0.15, 0.2) is 29.2 Å². The minimum Gasteiger partial charge on any atom is -0.493 e. The maximum Gasteiger partial charge on any atom is 0.337 e. The molecular formula is C35H39N5O10. The number of methoxy groups -OCH3 is 2. The molecule has 1 aliphatic rings. The van der Waals surface area contributed by atoms with Gasteiger partial charge >= 0.3 is 12.0 Å². The molecule has 0 aliphatic carbocycles. The van der Waals surface area contributed by atoms with Crippen molar-refractivity contribution < 1.29 is 43.3 Å². The van der Waals surface area contributed by atoms with Gasteiger partial charge in [-0.25, -0.2) is 9.59 Å². The summed E-state index contributed by atoms with van der Waals surface area (Å²) < 4.78 is 28.1. The van der Waals surface area contributed by atoms with Crippen LogP contribution in [-0.2, 0) is 22.6 Å². The Balaban J connectivity index is 1.42. The number of nitrogens with zero attached hydrogens (tertiary/aromatic N) is 2. The van der Waals surface area contributed by atoms with E-state index >= 15 is 0 Å². The molecule has 0 saturated heterocycles. The highest BCUT2D eigenvalue weighted by atomic mass is 16.6. The number of esters is 1. The lowest BCUT2D eigenvalue weighted by Gasteiger charge is -2.28. The molecule has 15 nitrogen and oxygen atoms in total. The summed E-state index contributed by atoms with van der Waals surface area (Å²) in [4.78, 5) is 35.2. The summed E-state index contributed by atoms with van der Waals surface area (Å²) in [6, 6.07) is 13.3. The van der Waals surface area contributed by atoms with Crippen molar-refractivity contribution in [2.24, 2.45) is 5.10 Å². The fourth-order valence-electron chi connectivity index (χ4n) is 5.07. The van der Waals surface area contributed by atoms with Crippen molar-refractivity contribution in [1.82, 2.24) is 16.1 Å². The number of amides is 2. The summed E-state index contributed by atoms with van der Waals surface area (Å²) in [7, 11) is 2.77. The maximum atomic E-state index is 12.5. The molecule has 0 spiro atoms. The van der Waals surface area contributed by atoms with E-state index in [1.165, 1.54) is 32.6 Å². The Hall–Kier alpha value is -6.09. The summed E-state index contributed by atoms with van der Waals surface area (Å²) in [6.45, 7) is 7.50. The van der Waals surface area contributed by atoms with Gasteiger partial charge in [0.2, 0.25) is 0 Å². The van der Waals surface area contributed by atoms with Crippen LogP contribution in [0.3, 0.4) is 0 Å².